The average Bonchev–Trinajstić information content (AvgIpc) is 3.30. The standard InChI is InChI=1S/C19H22N4O2/c1-22-10-3-6-19(18(22)25)7-11-23(13-19)17(24)15-5-2-4-14(12-15)16-20-8-9-21-16/h2,4-5,8-9,12H,3,6-7,10-11,13H2,1H3,(H,20,21)/t19-/m1/s1. The second-order valence-corrected chi connectivity index (χ2v) is 7.11. The van der Waals surface area contributed by atoms with Crippen molar-refractivity contribution in [3.63, 3.8) is 0 Å². The molecule has 2 saturated heterocycles. The molecule has 0 unspecified atom stereocenters. The van der Waals surface area contributed by atoms with Crippen LogP contribution in [0.2, 0.25) is 0 Å². The van der Waals surface area contributed by atoms with Gasteiger partial charge in [0.2, 0.25) is 5.91 Å². The van der Waals surface area contributed by atoms with E-state index in [4.69, 9.17) is 0 Å². The highest BCUT2D eigenvalue weighted by atomic mass is 16.2. The first-order chi connectivity index (χ1) is 12.1. The molecule has 0 saturated carbocycles. The van der Waals surface area contributed by atoms with Crippen molar-refractivity contribution in [2.75, 3.05) is 26.7 Å². The highest BCUT2D eigenvalue weighted by Crippen LogP contribution is 2.40. The van der Waals surface area contributed by atoms with Crippen LogP contribution in [0.5, 0.6) is 0 Å². The molecule has 2 fully saturated rings. The minimum Gasteiger partial charge on any atom is -0.345 e. The third kappa shape index (κ3) is 2.71. The van der Waals surface area contributed by atoms with Gasteiger partial charge in [0.15, 0.2) is 0 Å². The summed E-state index contributed by atoms with van der Waals surface area (Å²) in [6.07, 6.45) is 6.11. The lowest BCUT2D eigenvalue weighted by atomic mass is 9.78. The molecule has 6 nitrogen and oxygen atoms in total. The Bertz CT molecular complexity index is 802. The summed E-state index contributed by atoms with van der Waals surface area (Å²) >= 11 is 0. The summed E-state index contributed by atoms with van der Waals surface area (Å²) in [5, 5.41) is 0. The van der Waals surface area contributed by atoms with Crippen LogP contribution in [-0.4, -0.2) is 58.3 Å². The molecule has 1 N–H and O–H groups in total. The van der Waals surface area contributed by atoms with E-state index < -0.39 is 0 Å². The summed E-state index contributed by atoms with van der Waals surface area (Å²) in [5.74, 6) is 0.932. The van der Waals surface area contributed by atoms with Crippen LogP contribution in [0.4, 0.5) is 0 Å². The van der Waals surface area contributed by atoms with E-state index in [9.17, 15) is 9.59 Å². The number of benzene rings is 1. The average molecular weight is 338 g/mol. The maximum absolute atomic E-state index is 13.0. The van der Waals surface area contributed by atoms with Gasteiger partial charge in [-0.3, -0.25) is 9.59 Å². The Morgan fingerprint density at radius 2 is 2.16 bits per heavy atom. The predicted octanol–water partition coefficient (Wildman–Crippen LogP) is 2.16. The Balaban J connectivity index is 1.54. The number of hydrogen-bond donors (Lipinski definition) is 1. The van der Waals surface area contributed by atoms with Crippen LogP contribution in [0, 0.1) is 5.41 Å². The number of hydrogen-bond acceptors (Lipinski definition) is 3. The molecule has 25 heavy (non-hydrogen) atoms. The lowest BCUT2D eigenvalue weighted by Gasteiger charge is -2.37. The minimum absolute atomic E-state index is 0.00805. The largest absolute Gasteiger partial charge is 0.345 e. The summed E-state index contributed by atoms with van der Waals surface area (Å²) < 4.78 is 0. The van der Waals surface area contributed by atoms with Gasteiger partial charge in [-0.15, -0.1) is 0 Å². The van der Waals surface area contributed by atoms with Crippen molar-refractivity contribution in [1.82, 2.24) is 19.8 Å². The third-order valence-corrected chi connectivity index (χ3v) is 5.47. The maximum Gasteiger partial charge on any atom is 0.253 e. The van der Waals surface area contributed by atoms with Gasteiger partial charge in [-0.25, -0.2) is 4.98 Å². The highest BCUT2D eigenvalue weighted by Gasteiger charge is 2.48. The smallest absolute Gasteiger partial charge is 0.253 e. The maximum atomic E-state index is 13.0. The molecular weight excluding hydrogens is 316 g/mol. The van der Waals surface area contributed by atoms with E-state index in [1.165, 1.54) is 0 Å². The number of imidazole rings is 1. The summed E-state index contributed by atoms with van der Waals surface area (Å²) in [6.45, 7) is 1.99. The summed E-state index contributed by atoms with van der Waals surface area (Å²) in [6, 6.07) is 7.49. The van der Waals surface area contributed by atoms with E-state index in [1.54, 1.807) is 12.4 Å². The number of nitrogens with zero attached hydrogens (tertiary/aromatic N) is 3. The normalized spacial score (nSPS) is 23.5. The fraction of sp³-hybridized carbons (Fsp3) is 0.421. The highest BCUT2D eigenvalue weighted by molar-refractivity contribution is 5.96. The number of aromatic nitrogens is 2. The molecule has 4 rings (SSSR count). The van der Waals surface area contributed by atoms with Gasteiger partial charge in [0.1, 0.15) is 5.82 Å². The Labute approximate surface area is 146 Å². The van der Waals surface area contributed by atoms with Gasteiger partial charge < -0.3 is 14.8 Å². The van der Waals surface area contributed by atoms with Gasteiger partial charge in [-0.2, -0.15) is 0 Å². The first-order valence-corrected chi connectivity index (χ1v) is 8.74. The molecule has 1 spiro atoms. The zero-order valence-electron chi connectivity index (χ0n) is 14.4. The molecule has 1 aromatic heterocycles. The van der Waals surface area contributed by atoms with E-state index in [-0.39, 0.29) is 17.2 Å². The molecule has 2 aliphatic heterocycles. The van der Waals surface area contributed by atoms with E-state index >= 15 is 0 Å². The van der Waals surface area contributed by atoms with Crippen molar-refractivity contribution in [3.8, 4) is 11.4 Å². The van der Waals surface area contributed by atoms with Gasteiger partial charge in [-0.05, 0) is 31.4 Å². The van der Waals surface area contributed by atoms with Crippen molar-refractivity contribution < 1.29 is 9.59 Å². The fourth-order valence-corrected chi connectivity index (χ4v) is 4.10. The Morgan fingerprint density at radius 1 is 1.28 bits per heavy atom. The number of aromatic amines is 1. The van der Waals surface area contributed by atoms with Crippen LogP contribution in [0.1, 0.15) is 29.6 Å². The summed E-state index contributed by atoms with van der Waals surface area (Å²) in [5.41, 5.74) is 1.15. The van der Waals surface area contributed by atoms with Gasteiger partial charge >= 0.3 is 0 Å². The third-order valence-electron chi connectivity index (χ3n) is 5.47. The van der Waals surface area contributed by atoms with Gasteiger partial charge in [0.05, 0.1) is 5.41 Å². The molecule has 130 valence electrons. The molecule has 0 aliphatic carbocycles. The SMILES string of the molecule is CN1CCC[C@]2(CCN(C(=O)c3cccc(-c4ncc[nH]4)c3)C2)C1=O. The van der Waals surface area contributed by atoms with Crippen LogP contribution >= 0.6 is 0 Å². The topological polar surface area (TPSA) is 69.3 Å². The Hall–Kier alpha value is -2.63. The zero-order valence-corrected chi connectivity index (χ0v) is 14.4. The summed E-state index contributed by atoms with van der Waals surface area (Å²) in [4.78, 5) is 36.5. The van der Waals surface area contributed by atoms with Crippen molar-refractivity contribution in [1.29, 1.82) is 0 Å². The fourth-order valence-electron chi connectivity index (χ4n) is 4.10. The number of H-pyrrole nitrogens is 1. The first-order valence-electron chi connectivity index (χ1n) is 8.74. The molecule has 1 atom stereocenters. The Kier molecular flexibility index (Phi) is 3.82. The van der Waals surface area contributed by atoms with Crippen molar-refractivity contribution in [3.05, 3.63) is 42.2 Å². The van der Waals surface area contributed by atoms with Crippen LogP contribution in [0.25, 0.3) is 11.4 Å². The van der Waals surface area contributed by atoms with Crippen LogP contribution in [0.3, 0.4) is 0 Å². The van der Waals surface area contributed by atoms with E-state index in [2.05, 4.69) is 9.97 Å². The van der Waals surface area contributed by atoms with Crippen molar-refractivity contribution in [2.45, 2.75) is 19.3 Å². The van der Waals surface area contributed by atoms with Crippen molar-refractivity contribution >= 4 is 11.8 Å². The van der Waals surface area contributed by atoms with E-state index in [0.717, 1.165) is 37.2 Å². The van der Waals surface area contributed by atoms with Gasteiger partial charge in [0, 0.05) is 50.2 Å². The van der Waals surface area contributed by atoms with Gasteiger partial charge in [0.25, 0.3) is 5.91 Å². The molecular formula is C19H22N4O2. The number of carbonyl (C=O) groups is 2. The summed E-state index contributed by atoms with van der Waals surface area (Å²) in [7, 11) is 1.86. The van der Waals surface area contributed by atoms with Crippen LogP contribution < -0.4 is 0 Å². The van der Waals surface area contributed by atoms with Crippen LogP contribution in [0.15, 0.2) is 36.7 Å². The van der Waals surface area contributed by atoms with Crippen molar-refractivity contribution in [2.24, 2.45) is 5.41 Å². The number of piperidine rings is 1. The number of likely N-dealkylation sites (tertiary alicyclic amines) is 2. The molecule has 0 radical (unpaired) electrons. The molecule has 3 heterocycles. The quantitative estimate of drug-likeness (QED) is 0.912. The minimum atomic E-state index is -0.374. The monoisotopic (exact) mass is 338 g/mol. The number of amides is 2. The number of nitrogens with one attached hydrogen (secondary N) is 1. The molecule has 2 aliphatic rings. The van der Waals surface area contributed by atoms with E-state index in [0.29, 0.717) is 18.7 Å². The number of rotatable bonds is 2. The molecule has 0 bridgehead atoms. The molecule has 2 amide bonds. The Morgan fingerprint density at radius 3 is 2.96 bits per heavy atom. The predicted molar refractivity (Wildman–Crippen MR) is 93.8 cm³/mol. The lowest BCUT2D eigenvalue weighted by molar-refractivity contribution is -0.143. The van der Waals surface area contributed by atoms with Crippen LogP contribution in [-0.2, 0) is 4.79 Å². The second kappa shape index (κ2) is 6.02. The first kappa shape index (κ1) is 15.9. The van der Waals surface area contributed by atoms with E-state index in [1.807, 2.05) is 41.1 Å². The molecule has 6 heteroatoms. The molecule has 1 aromatic carbocycles. The lowest BCUT2D eigenvalue weighted by Crippen LogP contribution is -2.48. The molecule has 2 aromatic rings. The van der Waals surface area contributed by atoms with Gasteiger partial charge in [-0.1, -0.05) is 12.1 Å². The second-order valence-electron chi connectivity index (χ2n) is 7.11. The number of carbonyl (C=O) groups excluding carboxylic acids is 2. The zero-order chi connectivity index (χ0) is 17.4.